The molecule has 2 N–H and O–H groups in total. The molecule has 0 aliphatic rings. The van der Waals surface area contributed by atoms with E-state index >= 15 is 0 Å². The van der Waals surface area contributed by atoms with Gasteiger partial charge in [0.1, 0.15) is 11.5 Å². The molecule has 0 spiro atoms. The minimum atomic E-state index is -0.542. The van der Waals surface area contributed by atoms with Gasteiger partial charge in [-0.05, 0) is 43.7 Å². The van der Waals surface area contributed by atoms with Crippen molar-refractivity contribution >= 4 is 23.4 Å². The number of carbonyl (C=O) groups is 2. The van der Waals surface area contributed by atoms with Crippen molar-refractivity contribution in [3.8, 4) is 11.5 Å². The fourth-order valence-electron chi connectivity index (χ4n) is 2.19. The average molecular weight is 363 g/mol. The summed E-state index contributed by atoms with van der Waals surface area (Å²) in [7, 11) is 1.44. The van der Waals surface area contributed by atoms with E-state index in [9.17, 15) is 9.59 Å². The zero-order chi connectivity index (χ0) is 18.4. The van der Waals surface area contributed by atoms with Gasteiger partial charge in [0.25, 0.3) is 11.8 Å². The molecule has 2 aromatic rings. The lowest BCUT2D eigenvalue weighted by molar-refractivity contribution is -0.123. The molecule has 2 amide bonds. The summed E-state index contributed by atoms with van der Waals surface area (Å²) in [6.45, 7) is 3.65. The van der Waals surface area contributed by atoms with Crippen LogP contribution in [0.15, 0.2) is 36.4 Å². The summed E-state index contributed by atoms with van der Waals surface area (Å²) in [6.07, 6.45) is 0. The molecule has 0 unspecified atom stereocenters. The molecule has 7 heteroatoms. The molecule has 6 nitrogen and oxygen atoms in total. The molecule has 2 aromatic carbocycles. The Morgan fingerprint density at radius 2 is 1.76 bits per heavy atom. The van der Waals surface area contributed by atoms with Crippen LogP contribution >= 0.6 is 11.6 Å². The smallest absolute Gasteiger partial charge is 0.276 e. The van der Waals surface area contributed by atoms with Crippen LogP contribution in [0.5, 0.6) is 11.5 Å². The van der Waals surface area contributed by atoms with Gasteiger partial charge < -0.3 is 9.47 Å². The van der Waals surface area contributed by atoms with Crippen LogP contribution in [0.25, 0.3) is 0 Å². The first-order valence-electron chi connectivity index (χ1n) is 7.53. The molecule has 0 aromatic heterocycles. The third kappa shape index (κ3) is 5.12. The van der Waals surface area contributed by atoms with E-state index in [0.717, 1.165) is 11.1 Å². The lowest BCUT2D eigenvalue weighted by Crippen LogP contribution is -2.44. The van der Waals surface area contributed by atoms with E-state index in [1.54, 1.807) is 18.2 Å². The van der Waals surface area contributed by atoms with Gasteiger partial charge in [-0.3, -0.25) is 20.4 Å². The maximum Gasteiger partial charge on any atom is 0.276 e. The van der Waals surface area contributed by atoms with E-state index in [2.05, 4.69) is 10.9 Å². The Kier molecular flexibility index (Phi) is 6.25. The number of carbonyl (C=O) groups excluding carboxylic acids is 2. The Labute approximate surface area is 151 Å². The van der Waals surface area contributed by atoms with Crippen LogP contribution in [-0.4, -0.2) is 25.5 Å². The molecule has 2 rings (SSSR count). The number of methoxy groups -OCH3 is 1. The second kappa shape index (κ2) is 8.39. The maximum atomic E-state index is 12.1. The van der Waals surface area contributed by atoms with Gasteiger partial charge >= 0.3 is 0 Å². The number of hydrogen-bond donors (Lipinski definition) is 2. The van der Waals surface area contributed by atoms with Crippen LogP contribution < -0.4 is 20.3 Å². The number of nitrogens with one attached hydrogen (secondary N) is 2. The number of hydrogen-bond acceptors (Lipinski definition) is 4. The molecule has 0 atom stereocenters. The fraction of sp³-hybridized carbons (Fsp3) is 0.222. The van der Waals surface area contributed by atoms with Crippen molar-refractivity contribution in [2.45, 2.75) is 13.8 Å². The predicted molar refractivity (Wildman–Crippen MR) is 95.0 cm³/mol. The third-order valence-corrected chi connectivity index (χ3v) is 3.65. The molecule has 0 saturated carbocycles. The molecular formula is C18H19ClN2O4. The SMILES string of the molecule is COc1ccc(Cl)cc1C(=O)NNC(=O)COc1ccc(C)cc1C. The van der Waals surface area contributed by atoms with Crippen LogP contribution in [0, 0.1) is 13.8 Å². The summed E-state index contributed by atoms with van der Waals surface area (Å²) in [5, 5.41) is 0.385. The highest BCUT2D eigenvalue weighted by molar-refractivity contribution is 6.31. The fourth-order valence-corrected chi connectivity index (χ4v) is 2.36. The van der Waals surface area contributed by atoms with Gasteiger partial charge in [-0.15, -0.1) is 0 Å². The van der Waals surface area contributed by atoms with Gasteiger partial charge in [0.15, 0.2) is 6.61 Å². The lowest BCUT2D eigenvalue weighted by Gasteiger charge is -2.12. The Morgan fingerprint density at radius 3 is 2.44 bits per heavy atom. The van der Waals surface area contributed by atoms with E-state index < -0.39 is 11.8 Å². The standard InChI is InChI=1S/C18H19ClN2O4/c1-11-4-6-15(12(2)8-11)25-10-17(22)20-21-18(23)14-9-13(19)5-7-16(14)24-3/h4-9H,10H2,1-3H3,(H,20,22)(H,21,23). The first-order chi connectivity index (χ1) is 11.9. The monoisotopic (exact) mass is 362 g/mol. The summed E-state index contributed by atoms with van der Waals surface area (Å²) < 4.78 is 10.5. The molecule has 0 bridgehead atoms. The van der Waals surface area contributed by atoms with Crippen LogP contribution in [0.1, 0.15) is 21.5 Å². The predicted octanol–water partition coefficient (Wildman–Crippen LogP) is 2.81. The normalized spacial score (nSPS) is 10.1. The van der Waals surface area contributed by atoms with Crippen molar-refractivity contribution in [1.82, 2.24) is 10.9 Å². The number of hydrazine groups is 1. The first-order valence-corrected chi connectivity index (χ1v) is 7.91. The topological polar surface area (TPSA) is 76.7 Å². The van der Waals surface area contributed by atoms with Crippen LogP contribution in [0.3, 0.4) is 0 Å². The van der Waals surface area contributed by atoms with Gasteiger partial charge in [-0.25, -0.2) is 0 Å². The second-order valence-electron chi connectivity index (χ2n) is 5.40. The average Bonchev–Trinajstić information content (AvgIpc) is 2.58. The third-order valence-electron chi connectivity index (χ3n) is 3.41. The van der Waals surface area contributed by atoms with E-state index in [1.807, 2.05) is 26.0 Å². The molecule has 0 radical (unpaired) electrons. The maximum absolute atomic E-state index is 12.1. The number of ether oxygens (including phenoxy) is 2. The zero-order valence-corrected chi connectivity index (χ0v) is 14.9. The van der Waals surface area contributed by atoms with Crippen LogP contribution in [0.4, 0.5) is 0 Å². The minimum Gasteiger partial charge on any atom is -0.496 e. The highest BCUT2D eigenvalue weighted by Gasteiger charge is 2.14. The minimum absolute atomic E-state index is 0.214. The van der Waals surface area contributed by atoms with E-state index in [-0.39, 0.29) is 12.2 Å². The number of halogens is 1. The van der Waals surface area contributed by atoms with Crippen molar-refractivity contribution < 1.29 is 19.1 Å². The molecule has 0 saturated heterocycles. The van der Waals surface area contributed by atoms with Crippen molar-refractivity contribution in [2.24, 2.45) is 0 Å². The van der Waals surface area contributed by atoms with Crippen molar-refractivity contribution in [3.63, 3.8) is 0 Å². The molecule has 0 aliphatic carbocycles. The van der Waals surface area contributed by atoms with Crippen molar-refractivity contribution in [3.05, 3.63) is 58.1 Å². The first kappa shape index (κ1) is 18.6. The molecule has 0 aliphatic heterocycles. The molecule has 0 heterocycles. The summed E-state index contributed by atoms with van der Waals surface area (Å²) in [5.74, 6) is -0.0696. The summed E-state index contributed by atoms with van der Waals surface area (Å²) in [6, 6.07) is 10.3. The van der Waals surface area contributed by atoms with E-state index in [4.69, 9.17) is 21.1 Å². The number of benzene rings is 2. The van der Waals surface area contributed by atoms with E-state index in [1.165, 1.54) is 13.2 Å². The van der Waals surface area contributed by atoms with Gasteiger partial charge in [0, 0.05) is 5.02 Å². The van der Waals surface area contributed by atoms with E-state index in [0.29, 0.717) is 16.5 Å². The molecule has 132 valence electrons. The Hall–Kier alpha value is -2.73. The Bertz CT molecular complexity index is 793. The molecule has 25 heavy (non-hydrogen) atoms. The quantitative estimate of drug-likeness (QED) is 0.802. The largest absolute Gasteiger partial charge is 0.496 e. The van der Waals surface area contributed by atoms with Crippen LogP contribution in [-0.2, 0) is 4.79 Å². The highest BCUT2D eigenvalue weighted by atomic mass is 35.5. The van der Waals surface area contributed by atoms with Crippen molar-refractivity contribution in [1.29, 1.82) is 0 Å². The summed E-state index contributed by atoms with van der Waals surface area (Å²) in [5.41, 5.74) is 6.85. The van der Waals surface area contributed by atoms with Crippen LogP contribution in [0.2, 0.25) is 5.02 Å². The number of amides is 2. The molecule has 0 fully saturated rings. The van der Waals surface area contributed by atoms with Gasteiger partial charge in [-0.2, -0.15) is 0 Å². The molecular weight excluding hydrogens is 344 g/mol. The van der Waals surface area contributed by atoms with Gasteiger partial charge in [0.05, 0.1) is 12.7 Å². The second-order valence-corrected chi connectivity index (χ2v) is 5.84. The number of rotatable bonds is 5. The summed E-state index contributed by atoms with van der Waals surface area (Å²) in [4.78, 5) is 24.0. The lowest BCUT2D eigenvalue weighted by atomic mass is 10.1. The Balaban J connectivity index is 1.89. The van der Waals surface area contributed by atoms with Gasteiger partial charge in [-0.1, -0.05) is 29.3 Å². The van der Waals surface area contributed by atoms with Gasteiger partial charge in [0.2, 0.25) is 0 Å². The number of aryl methyl sites for hydroxylation is 2. The van der Waals surface area contributed by atoms with Crippen molar-refractivity contribution in [2.75, 3.05) is 13.7 Å². The Morgan fingerprint density at radius 1 is 1.04 bits per heavy atom. The zero-order valence-electron chi connectivity index (χ0n) is 14.2. The highest BCUT2D eigenvalue weighted by Crippen LogP contribution is 2.22. The summed E-state index contributed by atoms with van der Waals surface area (Å²) >= 11 is 5.88.